The zero-order valence-corrected chi connectivity index (χ0v) is 9.37. The van der Waals surface area contributed by atoms with E-state index >= 15 is 0 Å². The summed E-state index contributed by atoms with van der Waals surface area (Å²) < 4.78 is 7.10. The average Bonchev–Trinajstić information content (AvgIpc) is 2.60. The van der Waals surface area contributed by atoms with E-state index in [1.165, 1.54) is 14.0 Å². The lowest BCUT2D eigenvalue weighted by atomic mass is 10.3. The molecule has 4 nitrogen and oxygen atoms in total. The zero-order chi connectivity index (χ0) is 10.7. The van der Waals surface area contributed by atoms with Crippen LogP contribution in [-0.2, 0) is 4.74 Å². The largest absolute Gasteiger partial charge is 0.465 e. The highest BCUT2D eigenvalue weighted by atomic mass is 32.1. The van der Waals surface area contributed by atoms with Crippen LogP contribution in [0.2, 0.25) is 0 Å². The van der Waals surface area contributed by atoms with E-state index in [2.05, 4.69) is 22.3 Å². The van der Waals surface area contributed by atoms with Gasteiger partial charge in [0.1, 0.15) is 4.88 Å². The molecule has 6 heteroatoms. The summed E-state index contributed by atoms with van der Waals surface area (Å²) >= 11 is 4.92. The molecule has 0 amide bonds. The second-order valence-corrected chi connectivity index (χ2v) is 3.79. The van der Waals surface area contributed by atoms with Crippen molar-refractivity contribution in [2.75, 3.05) is 11.8 Å². The third-order valence-corrected chi connectivity index (χ3v) is 3.03. The molecule has 0 aliphatic heterocycles. The minimum atomic E-state index is -0.473. The number of carbonyl (C=O) groups is 2. The summed E-state index contributed by atoms with van der Waals surface area (Å²) in [6.45, 7) is 1.44. The number of esters is 1. The minimum absolute atomic E-state index is 0.0880. The molecule has 0 saturated carbocycles. The lowest BCUT2D eigenvalue weighted by Crippen LogP contribution is -1.99. The number of ketones is 1. The van der Waals surface area contributed by atoms with Crippen LogP contribution in [0.25, 0.3) is 0 Å². The van der Waals surface area contributed by atoms with Gasteiger partial charge in [0.05, 0.1) is 17.7 Å². The molecule has 0 radical (unpaired) electrons. The van der Waals surface area contributed by atoms with E-state index < -0.39 is 5.97 Å². The van der Waals surface area contributed by atoms with Crippen LogP contribution in [0.5, 0.6) is 0 Å². The Hall–Kier alpha value is -1.01. The second kappa shape index (κ2) is 4.47. The summed E-state index contributed by atoms with van der Waals surface area (Å²) in [5, 5.41) is 0. The van der Waals surface area contributed by atoms with Crippen molar-refractivity contribution in [2.24, 2.45) is 0 Å². The highest BCUT2D eigenvalue weighted by Gasteiger charge is 2.17. The fourth-order valence-corrected chi connectivity index (χ4v) is 2.07. The molecule has 0 saturated heterocycles. The zero-order valence-electron chi connectivity index (χ0n) is 7.66. The molecular weight excluding hydrogens is 222 g/mol. The first-order valence-electron chi connectivity index (χ1n) is 3.73. The van der Waals surface area contributed by atoms with Crippen molar-refractivity contribution in [2.45, 2.75) is 6.92 Å². The van der Waals surface area contributed by atoms with Gasteiger partial charge in [-0.3, -0.25) is 4.79 Å². The molecule has 0 spiro atoms. The van der Waals surface area contributed by atoms with Gasteiger partial charge in [0, 0.05) is 0 Å². The van der Waals surface area contributed by atoms with Crippen LogP contribution in [0.15, 0.2) is 6.07 Å². The van der Waals surface area contributed by atoms with Crippen molar-refractivity contribution < 1.29 is 14.3 Å². The summed E-state index contributed by atoms with van der Waals surface area (Å²) in [5.41, 5.74) is 0.496. The Morgan fingerprint density at radius 1 is 1.57 bits per heavy atom. The van der Waals surface area contributed by atoms with E-state index in [1.807, 2.05) is 0 Å². The maximum atomic E-state index is 11.2. The van der Waals surface area contributed by atoms with E-state index in [0.29, 0.717) is 15.4 Å². The van der Waals surface area contributed by atoms with Crippen LogP contribution in [0.3, 0.4) is 0 Å². The van der Waals surface area contributed by atoms with E-state index in [-0.39, 0.29) is 5.78 Å². The summed E-state index contributed by atoms with van der Waals surface area (Å²) in [7, 11) is 1.29. The molecule has 1 N–H and O–H groups in total. The van der Waals surface area contributed by atoms with Crippen molar-refractivity contribution in [1.82, 2.24) is 0 Å². The molecule has 0 aliphatic rings. The van der Waals surface area contributed by atoms with Crippen molar-refractivity contribution in [3.8, 4) is 0 Å². The first-order valence-corrected chi connectivity index (χ1v) is 4.99. The van der Waals surface area contributed by atoms with Gasteiger partial charge in [-0.25, -0.2) is 4.79 Å². The molecule has 14 heavy (non-hydrogen) atoms. The molecule has 76 valence electrons. The Kier molecular flexibility index (Phi) is 3.54. The van der Waals surface area contributed by atoms with Gasteiger partial charge in [-0.2, -0.15) is 0 Å². The summed E-state index contributed by atoms with van der Waals surface area (Å²) in [6, 6.07) is 1.58. The van der Waals surface area contributed by atoms with Crippen molar-refractivity contribution in [1.29, 1.82) is 0 Å². The predicted molar refractivity (Wildman–Crippen MR) is 58.3 cm³/mol. The van der Waals surface area contributed by atoms with Crippen LogP contribution in [0.4, 0.5) is 5.69 Å². The highest BCUT2D eigenvalue weighted by molar-refractivity contribution is 7.81. The maximum Gasteiger partial charge on any atom is 0.350 e. The van der Waals surface area contributed by atoms with Crippen LogP contribution >= 0.6 is 24.2 Å². The van der Waals surface area contributed by atoms with Gasteiger partial charge in [0.15, 0.2) is 5.78 Å². The van der Waals surface area contributed by atoms with Crippen LogP contribution in [0, 0.1) is 0 Å². The van der Waals surface area contributed by atoms with Crippen molar-refractivity contribution in [3.05, 3.63) is 15.8 Å². The number of Topliss-reactive ketones (excluding diaryl/α,β-unsaturated/α-hetero) is 1. The molecule has 1 rings (SSSR count). The van der Waals surface area contributed by atoms with E-state index in [1.54, 1.807) is 6.07 Å². The van der Waals surface area contributed by atoms with Gasteiger partial charge >= 0.3 is 5.97 Å². The number of anilines is 1. The SMILES string of the molecule is COC(=O)c1sc(C(C)=O)cc1NS. The van der Waals surface area contributed by atoms with E-state index in [0.717, 1.165) is 11.3 Å². The van der Waals surface area contributed by atoms with E-state index in [9.17, 15) is 9.59 Å². The Balaban J connectivity index is 3.15. The van der Waals surface area contributed by atoms with Crippen LogP contribution < -0.4 is 4.72 Å². The monoisotopic (exact) mass is 231 g/mol. The van der Waals surface area contributed by atoms with Crippen LogP contribution in [-0.4, -0.2) is 18.9 Å². The lowest BCUT2D eigenvalue weighted by Gasteiger charge is -1.98. The standard InChI is InChI=1S/C8H9NO3S2/c1-4(10)6-3-5(9-13)7(14-6)8(11)12-2/h3,9,13H,1-2H3. The summed E-state index contributed by atoms with van der Waals surface area (Å²) in [6.07, 6.45) is 0. The van der Waals surface area contributed by atoms with Crippen LogP contribution in [0.1, 0.15) is 26.3 Å². The van der Waals surface area contributed by atoms with Crippen molar-refractivity contribution >= 4 is 41.6 Å². The minimum Gasteiger partial charge on any atom is -0.465 e. The number of rotatable bonds is 3. The van der Waals surface area contributed by atoms with Crippen molar-refractivity contribution in [3.63, 3.8) is 0 Å². The Morgan fingerprint density at radius 3 is 2.64 bits per heavy atom. The van der Waals surface area contributed by atoms with Gasteiger partial charge in [-0.1, -0.05) is 12.8 Å². The Bertz CT molecular complexity index is 373. The molecule has 0 fully saturated rings. The van der Waals surface area contributed by atoms with Gasteiger partial charge in [-0.15, -0.1) is 11.3 Å². The Labute approximate surface area is 90.8 Å². The first-order chi connectivity index (χ1) is 6.60. The molecule has 0 atom stereocenters. The smallest absolute Gasteiger partial charge is 0.350 e. The van der Waals surface area contributed by atoms with Gasteiger partial charge < -0.3 is 9.46 Å². The number of thiophene rings is 1. The topological polar surface area (TPSA) is 55.4 Å². The second-order valence-electron chi connectivity index (χ2n) is 2.51. The third-order valence-electron chi connectivity index (χ3n) is 1.57. The summed E-state index contributed by atoms with van der Waals surface area (Å²) in [5.74, 6) is -0.561. The molecular formula is C8H9NO3S2. The fourth-order valence-electron chi connectivity index (χ4n) is 0.892. The van der Waals surface area contributed by atoms with E-state index in [4.69, 9.17) is 0 Å². The Morgan fingerprint density at radius 2 is 2.21 bits per heavy atom. The lowest BCUT2D eigenvalue weighted by molar-refractivity contribution is 0.0607. The number of hydrogen-bond donors (Lipinski definition) is 2. The highest BCUT2D eigenvalue weighted by Crippen LogP contribution is 2.28. The van der Waals surface area contributed by atoms with Gasteiger partial charge in [0.2, 0.25) is 0 Å². The number of thiol groups is 1. The fraction of sp³-hybridized carbons (Fsp3) is 0.250. The molecule has 0 aliphatic carbocycles. The van der Waals surface area contributed by atoms with Gasteiger partial charge in [0.25, 0.3) is 0 Å². The number of nitrogens with one attached hydrogen (secondary N) is 1. The summed E-state index contributed by atoms with van der Waals surface area (Å²) in [4.78, 5) is 23.1. The number of ether oxygens (including phenoxy) is 1. The number of carbonyl (C=O) groups excluding carboxylic acids is 2. The third kappa shape index (κ3) is 2.08. The number of hydrogen-bond acceptors (Lipinski definition) is 6. The maximum absolute atomic E-state index is 11.2. The molecule has 0 unspecified atom stereocenters. The van der Waals surface area contributed by atoms with Gasteiger partial charge in [-0.05, 0) is 13.0 Å². The molecule has 0 aromatic carbocycles. The first kappa shape index (κ1) is 11.1. The molecule has 0 bridgehead atoms. The molecule has 1 aromatic rings. The molecule has 1 heterocycles. The normalized spacial score (nSPS) is 9.64. The number of methoxy groups -OCH3 is 1. The molecule has 1 aromatic heterocycles. The quantitative estimate of drug-likeness (QED) is 0.474. The average molecular weight is 231 g/mol. The predicted octanol–water partition coefficient (Wildman–Crippen LogP) is 1.99.